The number of halogens is 2. The second-order valence-corrected chi connectivity index (χ2v) is 6.52. The van der Waals surface area contributed by atoms with E-state index in [2.05, 4.69) is 70.3 Å². The van der Waals surface area contributed by atoms with Crippen molar-refractivity contribution in [2.75, 3.05) is 5.32 Å². The standard InChI is InChI=1S/C18H24N.2ClH.Zr/c1-13-10-14(2)16(11-13)12-15-8-6-7-9-17(15)19-18(3,4)5;;;/h6-9,19H,11-12H2,1-5H3;2*1H;/q-1;;;+3/p-2. The van der Waals surface area contributed by atoms with Crippen LogP contribution in [0.2, 0.25) is 0 Å². The molecule has 1 aliphatic carbocycles. The molecule has 119 valence electrons. The van der Waals surface area contributed by atoms with Crippen LogP contribution < -0.4 is 30.1 Å². The van der Waals surface area contributed by atoms with Crippen LogP contribution in [-0.4, -0.2) is 5.54 Å². The summed E-state index contributed by atoms with van der Waals surface area (Å²) in [6.07, 6.45) is 5.53. The fourth-order valence-electron chi connectivity index (χ4n) is 2.53. The molecule has 22 heavy (non-hydrogen) atoms. The zero-order valence-electron chi connectivity index (χ0n) is 14.0. The molecule has 0 heterocycles. The summed E-state index contributed by atoms with van der Waals surface area (Å²) in [5, 5.41) is 3.60. The average Bonchev–Trinajstić information content (AvgIpc) is 2.58. The van der Waals surface area contributed by atoms with Gasteiger partial charge >= 0.3 is 26.2 Å². The number of nitrogens with one attached hydrogen (secondary N) is 1. The van der Waals surface area contributed by atoms with E-state index in [4.69, 9.17) is 0 Å². The SMILES string of the molecule is CC1=[C-]C(C)=C(Cc2ccccc2NC(C)(C)C)C1.[Cl-].[Cl-].[Zr+3]. The summed E-state index contributed by atoms with van der Waals surface area (Å²) in [4.78, 5) is 0. The number of hydrogen-bond acceptors (Lipinski definition) is 1. The van der Waals surface area contributed by atoms with Gasteiger partial charge in [0.1, 0.15) is 0 Å². The number of rotatable bonds is 3. The van der Waals surface area contributed by atoms with Gasteiger partial charge in [0.05, 0.1) is 0 Å². The molecule has 0 aromatic heterocycles. The minimum absolute atomic E-state index is 0. The molecule has 0 unspecified atom stereocenters. The van der Waals surface area contributed by atoms with E-state index in [1.165, 1.54) is 28.0 Å². The van der Waals surface area contributed by atoms with Gasteiger partial charge in [0, 0.05) is 11.2 Å². The van der Waals surface area contributed by atoms with E-state index in [-0.39, 0.29) is 56.6 Å². The number of hydrogen-bond donors (Lipinski definition) is 1. The van der Waals surface area contributed by atoms with Crippen molar-refractivity contribution in [1.82, 2.24) is 0 Å². The molecule has 0 aliphatic heterocycles. The van der Waals surface area contributed by atoms with E-state index in [9.17, 15) is 0 Å². The minimum atomic E-state index is 0. The van der Waals surface area contributed by atoms with Crippen LogP contribution in [0.1, 0.15) is 46.6 Å². The molecule has 0 saturated carbocycles. The van der Waals surface area contributed by atoms with E-state index in [0.29, 0.717) is 0 Å². The van der Waals surface area contributed by atoms with Gasteiger partial charge in [0.15, 0.2) is 0 Å². The largest absolute Gasteiger partial charge is 3.00 e. The molecule has 1 aromatic rings. The molecule has 1 aliphatic rings. The van der Waals surface area contributed by atoms with Crippen LogP contribution in [-0.2, 0) is 32.6 Å². The molecule has 0 saturated heterocycles. The molecule has 1 radical (unpaired) electrons. The van der Waals surface area contributed by atoms with Crippen molar-refractivity contribution in [1.29, 1.82) is 0 Å². The number of para-hydroxylation sites is 1. The second-order valence-electron chi connectivity index (χ2n) is 6.52. The van der Waals surface area contributed by atoms with Gasteiger partial charge in [-0.15, -0.1) is 0 Å². The van der Waals surface area contributed by atoms with Gasteiger partial charge in [-0.3, -0.25) is 0 Å². The Morgan fingerprint density at radius 3 is 2.18 bits per heavy atom. The summed E-state index contributed by atoms with van der Waals surface area (Å²) >= 11 is 0. The fourth-order valence-corrected chi connectivity index (χ4v) is 2.53. The Hall–Kier alpha value is -0.0369. The normalized spacial score (nSPS) is 13.6. The first-order chi connectivity index (χ1) is 8.85. The predicted octanol–water partition coefficient (Wildman–Crippen LogP) is -1.09. The van der Waals surface area contributed by atoms with Crippen LogP contribution in [0.3, 0.4) is 0 Å². The summed E-state index contributed by atoms with van der Waals surface area (Å²) in [7, 11) is 0. The summed E-state index contributed by atoms with van der Waals surface area (Å²) in [5.41, 5.74) is 6.90. The van der Waals surface area contributed by atoms with Gasteiger partial charge in [-0.05, 0) is 32.4 Å². The molecule has 1 aromatic carbocycles. The number of anilines is 1. The first kappa shape index (κ1) is 24.2. The number of benzene rings is 1. The van der Waals surface area contributed by atoms with Gasteiger partial charge in [0.2, 0.25) is 0 Å². The molecule has 0 spiro atoms. The van der Waals surface area contributed by atoms with Crippen molar-refractivity contribution < 1.29 is 51.0 Å². The van der Waals surface area contributed by atoms with Crippen molar-refractivity contribution in [3.63, 3.8) is 0 Å². The third-order valence-corrected chi connectivity index (χ3v) is 3.34. The Balaban J connectivity index is 0. The van der Waals surface area contributed by atoms with Gasteiger partial charge in [0.25, 0.3) is 0 Å². The van der Waals surface area contributed by atoms with E-state index in [1.807, 2.05) is 0 Å². The molecule has 1 N–H and O–H groups in total. The third kappa shape index (κ3) is 7.03. The van der Waals surface area contributed by atoms with E-state index < -0.39 is 0 Å². The summed E-state index contributed by atoms with van der Waals surface area (Å²) in [5.74, 6) is 0. The quantitative estimate of drug-likeness (QED) is 0.618. The topological polar surface area (TPSA) is 12.0 Å². The Bertz CT molecular complexity index is 542. The summed E-state index contributed by atoms with van der Waals surface area (Å²) in [6, 6.07) is 8.62. The minimum Gasteiger partial charge on any atom is -1.00 e. The maximum Gasteiger partial charge on any atom is 3.00 e. The molecular weight excluding hydrogens is 392 g/mol. The Morgan fingerprint density at radius 1 is 1.09 bits per heavy atom. The molecule has 4 heteroatoms. The first-order valence-corrected chi connectivity index (χ1v) is 6.99. The molecule has 0 atom stereocenters. The summed E-state index contributed by atoms with van der Waals surface area (Å²) < 4.78 is 0. The van der Waals surface area contributed by atoms with Crippen molar-refractivity contribution in [3.05, 3.63) is 52.6 Å². The third-order valence-electron chi connectivity index (χ3n) is 3.34. The maximum absolute atomic E-state index is 3.60. The molecule has 0 bridgehead atoms. The average molecular weight is 417 g/mol. The molecule has 1 nitrogen and oxygen atoms in total. The van der Waals surface area contributed by atoms with E-state index in [0.717, 1.165) is 12.8 Å². The Labute approximate surface area is 167 Å². The zero-order chi connectivity index (χ0) is 14.0. The predicted molar refractivity (Wildman–Crippen MR) is 83.3 cm³/mol. The first-order valence-electron chi connectivity index (χ1n) is 6.99. The van der Waals surface area contributed by atoms with Crippen LogP contribution >= 0.6 is 0 Å². The van der Waals surface area contributed by atoms with Crippen molar-refractivity contribution >= 4 is 5.69 Å². The van der Waals surface area contributed by atoms with Crippen LogP contribution in [0.5, 0.6) is 0 Å². The summed E-state index contributed by atoms with van der Waals surface area (Å²) in [6.45, 7) is 10.9. The second kappa shape index (κ2) is 9.96. The number of allylic oxidation sites excluding steroid dienone is 4. The molecule has 0 amide bonds. The Kier molecular flexibility index (Phi) is 11.0. The van der Waals surface area contributed by atoms with Crippen LogP contribution in [0.25, 0.3) is 0 Å². The Morgan fingerprint density at radius 2 is 1.68 bits per heavy atom. The van der Waals surface area contributed by atoms with Gasteiger partial charge < -0.3 is 30.1 Å². The molecular formula is C18H24Cl2NZr. The van der Waals surface area contributed by atoms with Crippen LogP contribution in [0.4, 0.5) is 5.69 Å². The van der Waals surface area contributed by atoms with Gasteiger partial charge in [-0.1, -0.05) is 44.9 Å². The molecule has 0 fully saturated rings. The van der Waals surface area contributed by atoms with Crippen molar-refractivity contribution in [3.8, 4) is 0 Å². The fraction of sp³-hybridized carbons (Fsp3) is 0.444. The smallest absolute Gasteiger partial charge is 1.00 e. The van der Waals surface area contributed by atoms with Crippen LogP contribution in [0.15, 0.2) is 41.0 Å². The van der Waals surface area contributed by atoms with Crippen molar-refractivity contribution in [2.45, 2.75) is 53.0 Å². The maximum atomic E-state index is 3.60. The van der Waals surface area contributed by atoms with E-state index >= 15 is 0 Å². The van der Waals surface area contributed by atoms with E-state index in [1.54, 1.807) is 0 Å². The zero-order valence-corrected chi connectivity index (χ0v) is 17.9. The van der Waals surface area contributed by atoms with Crippen LogP contribution in [0, 0.1) is 6.08 Å². The van der Waals surface area contributed by atoms with Gasteiger partial charge in [-0.25, -0.2) is 17.2 Å². The van der Waals surface area contributed by atoms with Gasteiger partial charge in [-0.2, -0.15) is 5.57 Å². The van der Waals surface area contributed by atoms with Crippen molar-refractivity contribution in [2.24, 2.45) is 0 Å². The molecule has 2 rings (SSSR count). The monoisotopic (exact) mass is 414 g/mol.